The Labute approximate surface area is 146 Å². The molecule has 0 aliphatic rings. The Morgan fingerprint density at radius 3 is 1.83 bits per heavy atom. The summed E-state index contributed by atoms with van der Waals surface area (Å²) in [4.78, 5) is 0. The third-order valence-corrected chi connectivity index (χ3v) is 7.54. The molecular formula is C19H17N2OPS. The standard InChI is InChI=1S/C19H17N2OPS/c22-19-14-8-7-9-16(19)15-20-21-23(24,17-10-3-1-4-11-17)18-12-5-2-6-13-18/h1-15,22H,(H,21,24)/b20-15+. The first-order valence-corrected chi connectivity index (χ1v) is 10.3. The first-order valence-electron chi connectivity index (χ1n) is 7.50. The first kappa shape index (κ1) is 16.4. The number of hydrazone groups is 1. The summed E-state index contributed by atoms with van der Waals surface area (Å²) in [5.74, 6) is 0.191. The van der Waals surface area contributed by atoms with Crippen LogP contribution in [0.4, 0.5) is 0 Å². The highest BCUT2D eigenvalue weighted by Crippen LogP contribution is 2.38. The van der Waals surface area contributed by atoms with Crippen molar-refractivity contribution in [2.75, 3.05) is 0 Å². The predicted octanol–water partition coefficient (Wildman–Crippen LogP) is 3.36. The molecule has 0 unspecified atom stereocenters. The van der Waals surface area contributed by atoms with Gasteiger partial charge in [-0.3, -0.25) is 5.20 Å². The van der Waals surface area contributed by atoms with E-state index in [1.807, 2.05) is 66.7 Å². The quantitative estimate of drug-likeness (QED) is 0.420. The van der Waals surface area contributed by atoms with Crippen LogP contribution in [-0.2, 0) is 11.8 Å². The van der Waals surface area contributed by atoms with Crippen LogP contribution < -0.4 is 15.8 Å². The minimum absolute atomic E-state index is 0.191. The van der Waals surface area contributed by atoms with Gasteiger partial charge in [-0.1, -0.05) is 84.6 Å². The van der Waals surface area contributed by atoms with E-state index in [2.05, 4.69) is 10.3 Å². The lowest BCUT2D eigenvalue weighted by Crippen LogP contribution is -2.24. The lowest BCUT2D eigenvalue weighted by molar-refractivity contribution is 0.474. The monoisotopic (exact) mass is 352 g/mol. The second-order valence-electron chi connectivity index (χ2n) is 5.20. The van der Waals surface area contributed by atoms with Crippen molar-refractivity contribution in [3.63, 3.8) is 0 Å². The largest absolute Gasteiger partial charge is 0.507 e. The van der Waals surface area contributed by atoms with E-state index in [0.29, 0.717) is 5.56 Å². The van der Waals surface area contributed by atoms with Gasteiger partial charge in [-0.15, -0.1) is 0 Å². The summed E-state index contributed by atoms with van der Waals surface area (Å²) in [7, 11) is 0. The summed E-state index contributed by atoms with van der Waals surface area (Å²) >= 11 is 6.01. The number of phenols is 1. The number of hydrogen-bond donors (Lipinski definition) is 2. The molecular weight excluding hydrogens is 335 g/mol. The molecule has 0 aliphatic carbocycles. The molecule has 0 spiro atoms. The molecule has 0 aliphatic heterocycles. The van der Waals surface area contributed by atoms with Crippen LogP contribution in [0.25, 0.3) is 0 Å². The third kappa shape index (κ3) is 3.56. The fourth-order valence-electron chi connectivity index (χ4n) is 2.32. The summed E-state index contributed by atoms with van der Waals surface area (Å²) in [5.41, 5.74) is 0.646. The molecule has 3 aromatic rings. The minimum Gasteiger partial charge on any atom is -0.507 e. The van der Waals surface area contributed by atoms with Crippen molar-refractivity contribution in [3.8, 4) is 5.75 Å². The van der Waals surface area contributed by atoms with Crippen molar-refractivity contribution in [3.05, 3.63) is 90.5 Å². The Morgan fingerprint density at radius 2 is 1.29 bits per heavy atom. The summed E-state index contributed by atoms with van der Waals surface area (Å²) in [6, 6.07) is 27.0. The lowest BCUT2D eigenvalue weighted by Gasteiger charge is -2.22. The molecule has 3 rings (SSSR count). The van der Waals surface area contributed by atoms with Gasteiger partial charge in [0.2, 0.25) is 0 Å². The van der Waals surface area contributed by atoms with E-state index in [-0.39, 0.29) is 5.75 Å². The van der Waals surface area contributed by atoms with E-state index in [9.17, 15) is 5.11 Å². The van der Waals surface area contributed by atoms with Gasteiger partial charge >= 0.3 is 0 Å². The van der Waals surface area contributed by atoms with Crippen molar-refractivity contribution in [1.82, 2.24) is 5.20 Å². The van der Waals surface area contributed by atoms with Crippen molar-refractivity contribution < 1.29 is 5.11 Å². The summed E-state index contributed by atoms with van der Waals surface area (Å²) < 4.78 is 0. The Bertz CT molecular complexity index is 839. The van der Waals surface area contributed by atoms with Gasteiger partial charge in [-0.25, -0.2) is 0 Å². The van der Waals surface area contributed by atoms with E-state index >= 15 is 0 Å². The van der Waals surface area contributed by atoms with Crippen molar-refractivity contribution in [1.29, 1.82) is 0 Å². The molecule has 3 aromatic carbocycles. The zero-order valence-electron chi connectivity index (χ0n) is 12.9. The number of hydrogen-bond acceptors (Lipinski definition) is 3. The number of para-hydroxylation sites is 1. The highest BCUT2D eigenvalue weighted by Gasteiger charge is 2.21. The van der Waals surface area contributed by atoms with Gasteiger partial charge in [-0.2, -0.15) is 5.10 Å². The van der Waals surface area contributed by atoms with Crippen LogP contribution in [0, 0.1) is 0 Å². The first-order chi connectivity index (χ1) is 11.7. The summed E-state index contributed by atoms with van der Waals surface area (Å²) in [5, 5.41) is 19.4. The number of benzene rings is 3. The molecule has 120 valence electrons. The van der Waals surface area contributed by atoms with Crippen LogP contribution in [0.15, 0.2) is 90.0 Å². The van der Waals surface area contributed by atoms with Crippen LogP contribution in [0.3, 0.4) is 0 Å². The average molecular weight is 352 g/mol. The maximum Gasteiger partial charge on any atom is 0.124 e. The van der Waals surface area contributed by atoms with Crippen molar-refractivity contribution in [2.45, 2.75) is 0 Å². The Morgan fingerprint density at radius 1 is 0.792 bits per heavy atom. The molecule has 5 heteroatoms. The third-order valence-electron chi connectivity index (χ3n) is 3.58. The summed E-state index contributed by atoms with van der Waals surface area (Å²) in [6.45, 7) is 0. The molecule has 3 nitrogen and oxygen atoms in total. The second-order valence-corrected chi connectivity index (χ2v) is 9.29. The van der Waals surface area contributed by atoms with Crippen LogP contribution >= 0.6 is 6.19 Å². The fourth-order valence-corrected chi connectivity index (χ4v) is 5.12. The molecule has 0 saturated heterocycles. The zero-order chi connectivity index (χ0) is 16.8. The normalized spacial score (nSPS) is 11.5. The lowest BCUT2D eigenvalue weighted by atomic mass is 10.2. The number of phenolic OH excluding ortho intramolecular Hbond substituents is 1. The molecule has 0 bridgehead atoms. The Balaban J connectivity index is 1.95. The molecule has 0 amide bonds. The molecule has 0 aromatic heterocycles. The Hall–Kier alpha value is -2.42. The van der Waals surface area contributed by atoms with Crippen LogP contribution in [-0.4, -0.2) is 11.3 Å². The molecule has 0 fully saturated rings. The van der Waals surface area contributed by atoms with E-state index in [4.69, 9.17) is 11.8 Å². The Kier molecular flexibility index (Phi) is 5.09. The second kappa shape index (κ2) is 7.43. The molecule has 0 heterocycles. The molecule has 2 N–H and O–H groups in total. The molecule has 0 radical (unpaired) electrons. The van der Waals surface area contributed by atoms with E-state index in [0.717, 1.165) is 10.6 Å². The smallest absolute Gasteiger partial charge is 0.124 e. The number of aromatic hydroxyl groups is 1. The maximum atomic E-state index is 9.84. The summed E-state index contributed by atoms with van der Waals surface area (Å²) in [6.07, 6.45) is -0.673. The van der Waals surface area contributed by atoms with Crippen LogP contribution in [0.5, 0.6) is 5.75 Å². The van der Waals surface area contributed by atoms with Gasteiger partial charge in [-0.05, 0) is 12.1 Å². The van der Waals surface area contributed by atoms with Gasteiger partial charge in [0.25, 0.3) is 0 Å². The SMILES string of the molecule is Oc1ccccc1/C=N/NP(=S)(c1ccccc1)c1ccccc1. The van der Waals surface area contributed by atoms with Crippen LogP contribution in [0.1, 0.15) is 5.56 Å². The van der Waals surface area contributed by atoms with Crippen LogP contribution in [0.2, 0.25) is 0 Å². The van der Waals surface area contributed by atoms with Crippen molar-refractivity contribution in [2.24, 2.45) is 5.10 Å². The number of nitrogens with zero attached hydrogens (tertiary/aromatic N) is 1. The van der Waals surface area contributed by atoms with Gasteiger partial charge in [0.15, 0.2) is 0 Å². The van der Waals surface area contributed by atoms with E-state index in [1.165, 1.54) is 0 Å². The minimum atomic E-state index is -2.27. The highest BCUT2D eigenvalue weighted by molar-refractivity contribution is 8.20. The van der Waals surface area contributed by atoms with Gasteiger partial charge in [0, 0.05) is 16.2 Å². The maximum absolute atomic E-state index is 9.84. The fraction of sp³-hybridized carbons (Fsp3) is 0. The van der Waals surface area contributed by atoms with Gasteiger partial charge in [0.1, 0.15) is 11.9 Å². The van der Waals surface area contributed by atoms with Crippen molar-refractivity contribution >= 4 is 34.8 Å². The van der Waals surface area contributed by atoms with E-state index < -0.39 is 6.19 Å². The zero-order valence-corrected chi connectivity index (χ0v) is 14.6. The average Bonchev–Trinajstić information content (AvgIpc) is 2.64. The topological polar surface area (TPSA) is 44.6 Å². The van der Waals surface area contributed by atoms with E-state index in [1.54, 1.807) is 24.4 Å². The predicted molar refractivity (Wildman–Crippen MR) is 105 cm³/mol. The highest BCUT2D eigenvalue weighted by atomic mass is 32.4. The molecule has 24 heavy (non-hydrogen) atoms. The van der Waals surface area contributed by atoms with Gasteiger partial charge < -0.3 is 5.11 Å². The van der Waals surface area contributed by atoms with Gasteiger partial charge in [0.05, 0.1) is 6.21 Å². The number of rotatable bonds is 5. The molecule has 0 atom stereocenters. The number of nitrogens with one attached hydrogen (secondary N) is 1. The molecule has 0 saturated carbocycles.